The third kappa shape index (κ3) is 41.5. The van der Waals surface area contributed by atoms with Gasteiger partial charge in [-0.25, -0.2) is 4.79 Å². The van der Waals surface area contributed by atoms with Crippen LogP contribution in [0.15, 0.2) is 48.6 Å². The van der Waals surface area contributed by atoms with E-state index in [1.54, 1.807) is 0 Å². The first kappa shape index (κ1) is 69.7. The van der Waals surface area contributed by atoms with Crippen LogP contribution >= 0.6 is 0 Å². The molecule has 0 saturated carbocycles. The van der Waals surface area contributed by atoms with E-state index in [0.717, 1.165) is 89.9 Å². The first-order valence-corrected chi connectivity index (χ1v) is 30.6. The van der Waals surface area contributed by atoms with Crippen LogP contribution in [0, 0.1) is 0 Å². The third-order valence-corrected chi connectivity index (χ3v) is 13.9. The van der Waals surface area contributed by atoms with Gasteiger partial charge in [0.1, 0.15) is 18.8 Å². The van der Waals surface area contributed by atoms with Gasteiger partial charge in [0.25, 0.3) is 0 Å². The molecule has 1 fully saturated rings. The van der Waals surface area contributed by atoms with Gasteiger partial charge in [-0.15, -0.1) is 0 Å². The van der Waals surface area contributed by atoms with Crippen LogP contribution in [0.3, 0.4) is 0 Å². The van der Waals surface area contributed by atoms with Crippen LogP contribution in [-0.4, -0.2) is 89.2 Å². The Morgan fingerprint density at radius 2 is 0.840 bits per heavy atom. The number of carboxylic acids is 1. The zero-order valence-corrected chi connectivity index (χ0v) is 47.8. The Morgan fingerprint density at radius 3 is 1.31 bits per heavy atom. The first-order valence-electron chi connectivity index (χ1n) is 30.6. The minimum absolute atomic E-state index is 0.0574. The zero-order valence-electron chi connectivity index (χ0n) is 47.8. The van der Waals surface area contributed by atoms with Gasteiger partial charge in [0.15, 0.2) is 24.6 Å². The maximum atomic E-state index is 13.1. The number of aliphatic carboxylic acids is 1. The lowest BCUT2D eigenvalue weighted by Gasteiger charge is -2.40. The lowest BCUT2D eigenvalue weighted by Crippen LogP contribution is -2.61. The minimum Gasteiger partial charge on any atom is -0.479 e. The van der Waals surface area contributed by atoms with Crippen molar-refractivity contribution < 1.29 is 58.2 Å². The molecule has 75 heavy (non-hydrogen) atoms. The van der Waals surface area contributed by atoms with E-state index >= 15 is 0 Å². The van der Waals surface area contributed by atoms with E-state index in [-0.39, 0.29) is 25.9 Å². The number of rotatable bonds is 52. The number of carboxylic acid groups (broad SMARTS) is 1. The molecule has 6 unspecified atom stereocenters. The van der Waals surface area contributed by atoms with E-state index in [2.05, 4.69) is 69.4 Å². The first-order chi connectivity index (χ1) is 36.6. The molecule has 1 heterocycles. The smallest absolute Gasteiger partial charge is 0.335 e. The molecule has 0 aliphatic carbocycles. The van der Waals surface area contributed by atoms with E-state index in [4.69, 9.17) is 23.7 Å². The zero-order chi connectivity index (χ0) is 54.7. The van der Waals surface area contributed by atoms with Crippen molar-refractivity contribution in [3.05, 3.63) is 48.6 Å². The van der Waals surface area contributed by atoms with Crippen LogP contribution < -0.4 is 0 Å². The molecular formula is C63H110O12. The molecule has 3 N–H and O–H groups in total. The summed E-state index contributed by atoms with van der Waals surface area (Å²) in [7, 11) is 0. The Morgan fingerprint density at radius 1 is 0.453 bits per heavy atom. The van der Waals surface area contributed by atoms with Crippen LogP contribution in [0.2, 0.25) is 0 Å². The van der Waals surface area contributed by atoms with Gasteiger partial charge in [-0.2, -0.15) is 0 Å². The number of carbonyl (C=O) groups is 4. The van der Waals surface area contributed by atoms with Gasteiger partial charge in [0.05, 0.1) is 6.61 Å². The monoisotopic (exact) mass is 1060 g/mol. The van der Waals surface area contributed by atoms with Gasteiger partial charge in [0, 0.05) is 19.3 Å². The number of hydrogen-bond acceptors (Lipinski definition) is 11. The van der Waals surface area contributed by atoms with Gasteiger partial charge in [0.2, 0.25) is 0 Å². The summed E-state index contributed by atoms with van der Waals surface area (Å²) in [4.78, 5) is 51.1. The molecule has 434 valence electrons. The van der Waals surface area contributed by atoms with Gasteiger partial charge in [-0.05, 0) is 77.0 Å². The molecule has 0 amide bonds. The maximum Gasteiger partial charge on any atom is 0.335 e. The Hall–Kier alpha value is -3.32. The predicted molar refractivity (Wildman–Crippen MR) is 303 cm³/mol. The van der Waals surface area contributed by atoms with E-state index in [1.165, 1.54) is 128 Å². The third-order valence-electron chi connectivity index (χ3n) is 13.9. The van der Waals surface area contributed by atoms with Crippen molar-refractivity contribution in [3.8, 4) is 0 Å². The molecule has 1 rings (SSSR count). The number of aliphatic hydroxyl groups excluding tert-OH is 2. The molecule has 0 aromatic rings. The van der Waals surface area contributed by atoms with E-state index in [1.807, 2.05) is 0 Å². The predicted octanol–water partition coefficient (Wildman–Crippen LogP) is 15.8. The molecule has 0 bridgehead atoms. The summed E-state index contributed by atoms with van der Waals surface area (Å²) >= 11 is 0. The molecule has 0 aromatic heterocycles. The van der Waals surface area contributed by atoms with Crippen molar-refractivity contribution in [1.29, 1.82) is 0 Å². The molecule has 0 radical (unpaired) electrons. The van der Waals surface area contributed by atoms with Crippen molar-refractivity contribution in [2.75, 3.05) is 13.2 Å². The second-order valence-corrected chi connectivity index (χ2v) is 21.0. The van der Waals surface area contributed by atoms with Crippen molar-refractivity contribution in [1.82, 2.24) is 0 Å². The van der Waals surface area contributed by atoms with E-state index < -0.39 is 67.3 Å². The number of esters is 3. The summed E-state index contributed by atoms with van der Waals surface area (Å²) in [6.45, 7) is 5.87. The molecule has 12 nitrogen and oxygen atoms in total. The Bertz CT molecular complexity index is 1490. The van der Waals surface area contributed by atoms with Crippen molar-refractivity contribution in [2.45, 2.75) is 314 Å². The summed E-state index contributed by atoms with van der Waals surface area (Å²) < 4.78 is 28.4. The van der Waals surface area contributed by atoms with Crippen LogP contribution in [0.1, 0.15) is 278 Å². The van der Waals surface area contributed by atoms with E-state index in [9.17, 15) is 34.5 Å². The van der Waals surface area contributed by atoms with Crippen LogP contribution in [0.25, 0.3) is 0 Å². The SMILES string of the molecule is CC/C=C\C/C=C\C/C=C\CCCCCC(=O)OCC(COC1OC(C(=O)O)C(O)C(O)C1OC(=O)CCCCCCCCCCC/C=C\CCCCCCCC)OC(=O)CCCCCCCCCCCCCCC. The molecule has 6 atom stereocenters. The molecule has 1 saturated heterocycles. The molecule has 1 aliphatic heterocycles. The maximum absolute atomic E-state index is 13.1. The normalized spacial score (nSPS) is 18.4. The Labute approximate surface area is 456 Å². The number of unbranched alkanes of at least 4 members (excludes halogenated alkanes) is 30. The average Bonchev–Trinajstić information content (AvgIpc) is 3.39. The highest BCUT2D eigenvalue weighted by atomic mass is 16.7. The number of ether oxygens (including phenoxy) is 5. The fraction of sp³-hybridized carbons (Fsp3) is 0.810. The molecule has 0 aromatic carbocycles. The summed E-state index contributed by atoms with van der Waals surface area (Å²) in [5.74, 6) is -3.14. The largest absolute Gasteiger partial charge is 0.479 e. The van der Waals surface area contributed by atoms with Gasteiger partial charge in [-0.1, -0.05) is 230 Å². The van der Waals surface area contributed by atoms with Gasteiger partial charge < -0.3 is 39.0 Å². The van der Waals surface area contributed by atoms with Crippen molar-refractivity contribution >= 4 is 23.9 Å². The number of hydrogen-bond donors (Lipinski definition) is 3. The number of carbonyl (C=O) groups excluding carboxylic acids is 3. The summed E-state index contributed by atoms with van der Waals surface area (Å²) in [5.41, 5.74) is 0. The highest BCUT2D eigenvalue weighted by Crippen LogP contribution is 2.27. The van der Waals surface area contributed by atoms with Gasteiger partial charge in [-0.3, -0.25) is 14.4 Å². The topological polar surface area (TPSA) is 175 Å². The molecular weight excluding hydrogens is 949 g/mol. The summed E-state index contributed by atoms with van der Waals surface area (Å²) in [6.07, 6.45) is 49.4. The average molecular weight is 1060 g/mol. The molecule has 12 heteroatoms. The highest BCUT2D eigenvalue weighted by molar-refractivity contribution is 5.74. The van der Waals surface area contributed by atoms with E-state index in [0.29, 0.717) is 19.3 Å². The van der Waals surface area contributed by atoms with Crippen molar-refractivity contribution in [2.24, 2.45) is 0 Å². The van der Waals surface area contributed by atoms with Crippen LogP contribution in [0.4, 0.5) is 0 Å². The van der Waals surface area contributed by atoms with Crippen molar-refractivity contribution in [3.63, 3.8) is 0 Å². The number of aliphatic hydroxyl groups is 2. The minimum atomic E-state index is -1.91. The fourth-order valence-corrected chi connectivity index (χ4v) is 9.20. The Kier molecular flexibility index (Phi) is 47.8. The van der Waals surface area contributed by atoms with Crippen LogP contribution in [0.5, 0.6) is 0 Å². The second kappa shape index (κ2) is 51.4. The lowest BCUT2D eigenvalue weighted by atomic mass is 9.98. The highest BCUT2D eigenvalue weighted by Gasteiger charge is 2.50. The summed E-state index contributed by atoms with van der Waals surface area (Å²) in [6, 6.07) is 0. The second-order valence-electron chi connectivity index (χ2n) is 21.0. The van der Waals surface area contributed by atoms with Gasteiger partial charge >= 0.3 is 23.9 Å². The summed E-state index contributed by atoms with van der Waals surface area (Å²) in [5, 5.41) is 31.5. The Balaban J connectivity index is 2.66. The number of allylic oxidation sites excluding steroid dienone is 8. The fourth-order valence-electron chi connectivity index (χ4n) is 9.20. The lowest BCUT2D eigenvalue weighted by molar-refractivity contribution is -0.301. The quantitative estimate of drug-likeness (QED) is 0.0228. The molecule has 0 spiro atoms. The standard InChI is InChI=1S/C63H110O12/c1-4-7-10-13-16-19-22-25-26-27-28-29-30-33-36-39-42-45-48-51-57(66)74-61-59(68)58(67)60(62(69)70)75-63(61)72-53-54(73-56(65)50-47-44-41-38-35-32-24-21-18-15-12-9-6-3)52-71-55(64)49-46-43-40-37-34-31-23-20-17-14-11-8-5-2/h8,11,17,20,25-26,31,34,54,58-61,63,67-68H,4-7,9-10,12-16,18-19,21-24,27-30,32-33,35-53H2,1-3H3,(H,69,70)/b11-8-,20-17-,26-25-,34-31-. The van der Waals surface area contributed by atoms with Crippen LogP contribution in [-0.2, 0) is 42.9 Å². The molecule has 1 aliphatic rings.